The average Bonchev–Trinajstić information content (AvgIpc) is 2.46. The van der Waals surface area contributed by atoms with Crippen LogP contribution in [0.5, 0.6) is 0 Å². The summed E-state index contributed by atoms with van der Waals surface area (Å²) in [5.41, 5.74) is 3.13. The molecule has 0 bridgehead atoms. The van der Waals surface area contributed by atoms with Crippen LogP contribution >= 0.6 is 0 Å². The summed E-state index contributed by atoms with van der Waals surface area (Å²) in [5.74, 6) is -1.13. The summed E-state index contributed by atoms with van der Waals surface area (Å²) in [6.45, 7) is 1.04. The highest BCUT2D eigenvalue weighted by Gasteiger charge is 2.55. The van der Waals surface area contributed by atoms with E-state index in [9.17, 15) is 18.0 Å². The highest BCUT2D eigenvalue weighted by Crippen LogP contribution is 2.31. The van der Waals surface area contributed by atoms with Gasteiger partial charge in [0.25, 0.3) is 5.91 Å². The Morgan fingerprint density at radius 2 is 1.95 bits per heavy atom. The van der Waals surface area contributed by atoms with E-state index in [1.54, 1.807) is 0 Å². The number of alkyl halides is 3. The Bertz CT molecular complexity index is 503. The zero-order valence-electron chi connectivity index (χ0n) is 11.6. The summed E-state index contributed by atoms with van der Waals surface area (Å²) < 4.78 is 44.1. The molecule has 0 radical (unpaired) electrons. The minimum absolute atomic E-state index is 0.0612. The molecular weight excluding hydrogens is 285 g/mol. The molecule has 1 aliphatic rings. The van der Waals surface area contributed by atoms with Crippen molar-refractivity contribution in [3.05, 3.63) is 35.9 Å². The highest BCUT2D eigenvalue weighted by atomic mass is 19.4. The Labute approximate surface area is 120 Å². The van der Waals surface area contributed by atoms with Gasteiger partial charge in [-0.15, -0.1) is 0 Å². The maximum absolute atomic E-state index is 12.9. The molecular formula is C14H17F3N2O2. The summed E-state index contributed by atoms with van der Waals surface area (Å²) in [7, 11) is 0. The van der Waals surface area contributed by atoms with Crippen molar-refractivity contribution in [2.45, 2.75) is 24.7 Å². The first-order chi connectivity index (χ1) is 9.73. The molecule has 1 saturated heterocycles. The van der Waals surface area contributed by atoms with E-state index >= 15 is 0 Å². The minimum atomic E-state index is -4.79. The summed E-state index contributed by atoms with van der Waals surface area (Å²) in [6.07, 6.45) is -5.22. The van der Waals surface area contributed by atoms with Gasteiger partial charge in [-0.1, -0.05) is 30.3 Å². The zero-order valence-corrected chi connectivity index (χ0v) is 11.6. The summed E-state index contributed by atoms with van der Waals surface area (Å²) in [6, 6.07) is 9.06. The predicted octanol–water partition coefficient (Wildman–Crippen LogP) is 1.87. The number of rotatable bonds is 2. The van der Waals surface area contributed by atoms with Crippen LogP contribution < -0.4 is 5.73 Å². The van der Waals surface area contributed by atoms with Gasteiger partial charge in [-0.05, 0) is 12.5 Å². The lowest BCUT2D eigenvalue weighted by Gasteiger charge is -2.38. The van der Waals surface area contributed by atoms with Gasteiger partial charge in [0.1, 0.15) is 6.10 Å². The third-order valence-corrected chi connectivity index (χ3v) is 3.56. The van der Waals surface area contributed by atoms with Crippen molar-refractivity contribution in [3.63, 3.8) is 0 Å². The number of ether oxygens (including phenoxy) is 1. The van der Waals surface area contributed by atoms with Gasteiger partial charge in [-0.25, -0.2) is 0 Å². The van der Waals surface area contributed by atoms with E-state index in [1.165, 1.54) is 0 Å². The zero-order chi connectivity index (χ0) is 15.7. The van der Waals surface area contributed by atoms with Crippen LogP contribution in [0.15, 0.2) is 30.3 Å². The topological polar surface area (TPSA) is 55.6 Å². The molecule has 2 atom stereocenters. The number of nitrogens with zero attached hydrogens (tertiary/aromatic N) is 1. The Morgan fingerprint density at radius 1 is 1.33 bits per heavy atom. The van der Waals surface area contributed by atoms with E-state index in [2.05, 4.69) is 0 Å². The number of benzene rings is 1. The van der Waals surface area contributed by atoms with E-state index < -0.39 is 23.7 Å². The molecule has 4 nitrogen and oxygen atoms in total. The molecule has 1 fully saturated rings. The van der Waals surface area contributed by atoms with E-state index in [0.717, 1.165) is 10.5 Å². The summed E-state index contributed by atoms with van der Waals surface area (Å²) in [4.78, 5) is 13.2. The Hall–Kier alpha value is -1.60. The first-order valence-corrected chi connectivity index (χ1v) is 6.55. The van der Waals surface area contributed by atoms with Crippen molar-refractivity contribution >= 4 is 5.91 Å². The molecule has 1 aromatic carbocycles. The van der Waals surface area contributed by atoms with Crippen LogP contribution in [0.4, 0.5) is 13.2 Å². The van der Waals surface area contributed by atoms with E-state index in [-0.39, 0.29) is 19.7 Å². The van der Waals surface area contributed by atoms with Crippen molar-refractivity contribution in [3.8, 4) is 0 Å². The summed E-state index contributed by atoms with van der Waals surface area (Å²) in [5, 5.41) is 0. The number of morpholine rings is 1. The molecule has 0 aromatic heterocycles. The Balaban J connectivity index is 2.13. The standard InChI is InChI=1S/C14H17F3N2O2/c1-13(18,14(15,16)17)12(20)19-7-8-21-11(9-19)10-5-3-2-4-6-10/h2-6,11H,7-9,18H2,1H3. The number of hydrogen-bond donors (Lipinski definition) is 1. The fourth-order valence-corrected chi connectivity index (χ4v) is 2.15. The number of carbonyl (C=O) groups excluding carboxylic acids is 1. The number of halogens is 3. The van der Waals surface area contributed by atoms with Gasteiger partial charge in [0.15, 0.2) is 5.54 Å². The van der Waals surface area contributed by atoms with Crippen LogP contribution in [0, 0.1) is 0 Å². The van der Waals surface area contributed by atoms with Gasteiger partial charge in [-0.2, -0.15) is 13.2 Å². The number of carbonyl (C=O) groups is 1. The monoisotopic (exact) mass is 302 g/mol. The van der Waals surface area contributed by atoms with Gasteiger partial charge in [-0.3, -0.25) is 4.79 Å². The molecule has 1 heterocycles. The van der Waals surface area contributed by atoms with Crippen molar-refractivity contribution in [2.24, 2.45) is 5.73 Å². The Kier molecular flexibility index (Phi) is 4.25. The van der Waals surface area contributed by atoms with Crippen LogP contribution in [0.2, 0.25) is 0 Å². The van der Waals surface area contributed by atoms with Gasteiger partial charge in [0, 0.05) is 6.54 Å². The molecule has 1 amide bonds. The van der Waals surface area contributed by atoms with E-state index in [0.29, 0.717) is 6.92 Å². The number of nitrogens with two attached hydrogens (primary N) is 1. The molecule has 2 unspecified atom stereocenters. The second kappa shape index (κ2) is 5.65. The van der Waals surface area contributed by atoms with Crippen LogP contribution in [-0.4, -0.2) is 42.2 Å². The van der Waals surface area contributed by atoms with Crippen LogP contribution in [0.1, 0.15) is 18.6 Å². The lowest BCUT2D eigenvalue weighted by atomic mass is 9.99. The minimum Gasteiger partial charge on any atom is -0.370 e. The largest absolute Gasteiger partial charge is 0.415 e. The van der Waals surface area contributed by atoms with Crippen LogP contribution in [0.3, 0.4) is 0 Å². The Morgan fingerprint density at radius 3 is 2.52 bits per heavy atom. The molecule has 7 heteroatoms. The molecule has 2 N–H and O–H groups in total. The lowest BCUT2D eigenvalue weighted by molar-refractivity contribution is -0.197. The van der Waals surface area contributed by atoms with Gasteiger partial charge in [0.2, 0.25) is 0 Å². The van der Waals surface area contributed by atoms with Crippen LogP contribution in [-0.2, 0) is 9.53 Å². The first-order valence-electron chi connectivity index (χ1n) is 6.55. The molecule has 0 aliphatic carbocycles. The first kappa shape index (κ1) is 15.8. The quantitative estimate of drug-likeness (QED) is 0.907. The van der Waals surface area contributed by atoms with E-state index in [1.807, 2.05) is 30.3 Å². The van der Waals surface area contributed by atoms with Crippen molar-refractivity contribution in [1.29, 1.82) is 0 Å². The average molecular weight is 302 g/mol. The highest BCUT2D eigenvalue weighted by molar-refractivity contribution is 5.86. The maximum atomic E-state index is 12.9. The van der Waals surface area contributed by atoms with Crippen molar-refractivity contribution in [1.82, 2.24) is 4.90 Å². The molecule has 116 valence electrons. The second-order valence-electron chi connectivity index (χ2n) is 5.22. The van der Waals surface area contributed by atoms with E-state index in [4.69, 9.17) is 10.5 Å². The smallest absolute Gasteiger partial charge is 0.370 e. The fraction of sp³-hybridized carbons (Fsp3) is 0.500. The third-order valence-electron chi connectivity index (χ3n) is 3.56. The predicted molar refractivity (Wildman–Crippen MR) is 70.4 cm³/mol. The molecule has 0 spiro atoms. The molecule has 0 saturated carbocycles. The number of amides is 1. The third kappa shape index (κ3) is 3.19. The number of hydrogen-bond acceptors (Lipinski definition) is 3. The lowest BCUT2D eigenvalue weighted by Crippen LogP contribution is -2.63. The van der Waals surface area contributed by atoms with Gasteiger partial charge < -0.3 is 15.4 Å². The second-order valence-corrected chi connectivity index (χ2v) is 5.22. The van der Waals surface area contributed by atoms with Crippen molar-refractivity contribution < 1.29 is 22.7 Å². The molecule has 2 rings (SSSR count). The molecule has 21 heavy (non-hydrogen) atoms. The SMILES string of the molecule is CC(N)(C(=O)N1CCOC(c2ccccc2)C1)C(F)(F)F. The van der Waals surface area contributed by atoms with Gasteiger partial charge >= 0.3 is 6.18 Å². The summed E-state index contributed by atoms with van der Waals surface area (Å²) >= 11 is 0. The maximum Gasteiger partial charge on any atom is 0.415 e. The molecule has 1 aromatic rings. The van der Waals surface area contributed by atoms with Crippen molar-refractivity contribution in [2.75, 3.05) is 19.7 Å². The van der Waals surface area contributed by atoms with Crippen LogP contribution in [0.25, 0.3) is 0 Å². The fourth-order valence-electron chi connectivity index (χ4n) is 2.15. The van der Waals surface area contributed by atoms with Gasteiger partial charge in [0.05, 0.1) is 13.2 Å². The normalized spacial score (nSPS) is 22.7. The molecule has 1 aliphatic heterocycles.